The first-order valence-electron chi connectivity index (χ1n) is 15.2. The third-order valence-electron chi connectivity index (χ3n) is 7.95. The molecule has 0 bridgehead atoms. The van der Waals surface area contributed by atoms with Crippen LogP contribution in [-0.4, -0.2) is 83.1 Å². The minimum Gasteiger partial charge on any atom is -0.506 e. The number of likely N-dealkylation sites (tertiary alicyclic amines) is 1. The van der Waals surface area contributed by atoms with E-state index in [-0.39, 0.29) is 23.1 Å². The van der Waals surface area contributed by atoms with E-state index >= 15 is 0 Å². The second-order valence-electron chi connectivity index (χ2n) is 11.2. The van der Waals surface area contributed by atoms with Crippen LogP contribution in [0.25, 0.3) is 10.9 Å². The highest BCUT2D eigenvalue weighted by atomic mass is 16.3. The van der Waals surface area contributed by atoms with Crippen molar-refractivity contribution in [1.29, 1.82) is 0 Å². The summed E-state index contributed by atoms with van der Waals surface area (Å²) in [6.45, 7) is 4.53. The summed E-state index contributed by atoms with van der Waals surface area (Å²) in [5, 5.41) is 27.5. The Morgan fingerprint density at radius 1 is 1.02 bits per heavy atom. The van der Waals surface area contributed by atoms with E-state index in [4.69, 9.17) is 0 Å². The molecule has 10 heteroatoms. The number of aliphatic hydroxyl groups is 1. The first-order chi connectivity index (χ1) is 20.8. The number of H-pyrrole nitrogens is 1. The Balaban J connectivity index is 1.10. The van der Waals surface area contributed by atoms with Crippen LogP contribution in [0.4, 0.5) is 5.69 Å². The number of hydrogen-bond donors (Lipinski definition) is 5. The summed E-state index contributed by atoms with van der Waals surface area (Å²) in [5.74, 6) is 0.0883. The average Bonchev–Trinajstić information content (AvgIpc) is 3.01. The highest BCUT2D eigenvalue weighted by Gasteiger charge is 2.15. The van der Waals surface area contributed by atoms with Crippen molar-refractivity contribution < 1.29 is 19.8 Å². The lowest BCUT2D eigenvalue weighted by atomic mass is 10.0. The maximum Gasteiger partial charge on any atom is 0.248 e. The van der Waals surface area contributed by atoms with Crippen molar-refractivity contribution in [2.24, 2.45) is 0 Å². The van der Waals surface area contributed by atoms with E-state index in [1.165, 1.54) is 12.1 Å². The van der Waals surface area contributed by atoms with E-state index in [0.29, 0.717) is 48.9 Å². The summed E-state index contributed by atoms with van der Waals surface area (Å²) in [7, 11) is 1.84. The van der Waals surface area contributed by atoms with Gasteiger partial charge in [0.15, 0.2) is 0 Å². The molecule has 1 atom stereocenters. The zero-order valence-electron chi connectivity index (χ0n) is 25.0. The second kappa shape index (κ2) is 16.2. The van der Waals surface area contributed by atoms with Gasteiger partial charge in [0.1, 0.15) is 5.75 Å². The van der Waals surface area contributed by atoms with Crippen LogP contribution in [0, 0.1) is 6.42 Å². The van der Waals surface area contributed by atoms with Crippen molar-refractivity contribution in [2.45, 2.75) is 51.0 Å². The van der Waals surface area contributed by atoms with Crippen LogP contribution >= 0.6 is 0 Å². The molecule has 4 rings (SSSR count). The smallest absolute Gasteiger partial charge is 0.248 e. The fourth-order valence-electron chi connectivity index (χ4n) is 5.34. The molecule has 1 aliphatic heterocycles. The number of anilines is 1. The first-order valence-corrected chi connectivity index (χ1v) is 15.2. The van der Waals surface area contributed by atoms with Gasteiger partial charge in [-0.3, -0.25) is 14.4 Å². The van der Waals surface area contributed by atoms with Gasteiger partial charge in [0.2, 0.25) is 17.4 Å². The van der Waals surface area contributed by atoms with Crippen LogP contribution in [0.3, 0.4) is 0 Å². The summed E-state index contributed by atoms with van der Waals surface area (Å²) in [6, 6.07) is 13.8. The number of hydrogen-bond acceptors (Lipinski definition) is 7. The number of aromatic hydroxyl groups is 1. The standard InChI is InChI=1S/C33H44N5O5/c1-37(32(43)17-22-38-20-4-2-5-21-38)19-6-3-7-30(41)35-25-10-8-24(9-11-25)16-18-34-23-29(40)26-12-14-28(39)33-27(26)13-15-31(42)36-33/h2,8-15,29,34,39-40H,3-7,16-23H2,1H3,(H,35,41)(H,36,42)/t29-/m0/s1. The highest BCUT2D eigenvalue weighted by Crippen LogP contribution is 2.28. The number of unbranched alkanes of at least 4 members (excludes halogenated alkanes) is 1. The van der Waals surface area contributed by atoms with Gasteiger partial charge in [-0.15, -0.1) is 0 Å². The topological polar surface area (TPSA) is 138 Å². The molecule has 2 heterocycles. The molecule has 2 aromatic carbocycles. The number of piperidine rings is 1. The molecule has 0 saturated carbocycles. The van der Waals surface area contributed by atoms with Gasteiger partial charge < -0.3 is 35.6 Å². The molecule has 43 heavy (non-hydrogen) atoms. The van der Waals surface area contributed by atoms with E-state index in [9.17, 15) is 24.6 Å². The fourth-order valence-corrected chi connectivity index (χ4v) is 5.34. The molecule has 1 saturated heterocycles. The van der Waals surface area contributed by atoms with Gasteiger partial charge in [-0.25, -0.2) is 0 Å². The molecule has 5 N–H and O–H groups in total. The van der Waals surface area contributed by atoms with E-state index in [2.05, 4.69) is 26.9 Å². The van der Waals surface area contributed by atoms with Gasteiger partial charge in [0.05, 0.1) is 11.6 Å². The van der Waals surface area contributed by atoms with Crippen molar-refractivity contribution in [3.05, 3.63) is 76.4 Å². The first kappa shape index (κ1) is 32.2. The lowest BCUT2D eigenvalue weighted by Crippen LogP contribution is -2.35. The average molecular weight is 591 g/mol. The molecule has 0 aliphatic carbocycles. The van der Waals surface area contributed by atoms with Gasteiger partial charge in [-0.05, 0) is 93.6 Å². The van der Waals surface area contributed by atoms with Gasteiger partial charge in [-0.2, -0.15) is 0 Å². The number of pyridine rings is 1. The van der Waals surface area contributed by atoms with Crippen LogP contribution in [-0.2, 0) is 16.0 Å². The van der Waals surface area contributed by atoms with E-state index < -0.39 is 6.10 Å². The van der Waals surface area contributed by atoms with E-state index in [0.717, 1.165) is 63.0 Å². The number of carbonyl (C=O) groups excluding carboxylic acids is 2. The molecular weight excluding hydrogens is 546 g/mol. The zero-order chi connectivity index (χ0) is 30.6. The number of nitrogens with zero attached hydrogens (tertiary/aromatic N) is 2. The molecule has 1 aromatic heterocycles. The second-order valence-corrected chi connectivity index (χ2v) is 11.2. The Labute approximate surface area is 253 Å². The number of aromatic amines is 1. The van der Waals surface area contributed by atoms with Gasteiger partial charge >= 0.3 is 0 Å². The summed E-state index contributed by atoms with van der Waals surface area (Å²) in [4.78, 5) is 43.1. The van der Waals surface area contributed by atoms with Crippen LogP contribution in [0.1, 0.15) is 55.8 Å². The molecule has 1 fully saturated rings. The van der Waals surface area contributed by atoms with Crippen molar-refractivity contribution >= 4 is 28.4 Å². The van der Waals surface area contributed by atoms with Crippen molar-refractivity contribution in [2.75, 3.05) is 51.6 Å². The highest BCUT2D eigenvalue weighted by molar-refractivity contribution is 5.90. The molecule has 231 valence electrons. The monoisotopic (exact) mass is 590 g/mol. The Hall–Kier alpha value is -3.73. The Bertz CT molecular complexity index is 1400. The number of phenolic OH excluding ortho intramolecular Hbond substituents is 1. The van der Waals surface area contributed by atoms with Crippen LogP contribution in [0.2, 0.25) is 0 Å². The van der Waals surface area contributed by atoms with E-state index in [1.54, 1.807) is 17.0 Å². The summed E-state index contributed by atoms with van der Waals surface area (Å²) in [5.41, 5.74) is 2.47. The van der Waals surface area contributed by atoms with Crippen LogP contribution in [0.15, 0.2) is 53.3 Å². The van der Waals surface area contributed by atoms with Crippen molar-refractivity contribution in [3.63, 3.8) is 0 Å². The van der Waals surface area contributed by atoms with Crippen LogP contribution in [0.5, 0.6) is 5.75 Å². The summed E-state index contributed by atoms with van der Waals surface area (Å²) >= 11 is 0. The Morgan fingerprint density at radius 3 is 2.56 bits per heavy atom. The lowest BCUT2D eigenvalue weighted by Gasteiger charge is -2.26. The SMILES string of the molecule is CN(CCCCC(=O)Nc1ccc(CCNC[C@H](O)c2ccc(O)c3[nH]c(=O)ccc23)cc1)C(=O)CCN1CC[CH]CC1. The lowest BCUT2D eigenvalue weighted by molar-refractivity contribution is -0.130. The molecule has 0 unspecified atom stereocenters. The number of benzene rings is 2. The molecule has 10 nitrogen and oxygen atoms in total. The summed E-state index contributed by atoms with van der Waals surface area (Å²) < 4.78 is 0. The number of amides is 2. The predicted octanol–water partition coefficient (Wildman–Crippen LogP) is 3.36. The minimum atomic E-state index is -0.809. The summed E-state index contributed by atoms with van der Waals surface area (Å²) in [6.07, 6.45) is 6.92. The Morgan fingerprint density at radius 2 is 1.79 bits per heavy atom. The molecule has 1 aliphatic rings. The number of aliphatic hydroxyl groups excluding tert-OH is 1. The number of rotatable bonds is 15. The number of carbonyl (C=O) groups is 2. The normalized spacial score (nSPS) is 14.5. The maximum atomic E-state index is 12.4. The van der Waals surface area contributed by atoms with Crippen molar-refractivity contribution in [1.82, 2.24) is 20.1 Å². The quantitative estimate of drug-likeness (QED) is 0.171. The van der Waals surface area contributed by atoms with Gasteiger partial charge in [-0.1, -0.05) is 18.2 Å². The zero-order valence-corrected chi connectivity index (χ0v) is 25.0. The molecule has 2 amide bonds. The number of aromatic nitrogens is 1. The molecular formula is C33H44N5O5. The third-order valence-corrected chi connectivity index (χ3v) is 7.95. The molecule has 0 spiro atoms. The van der Waals surface area contributed by atoms with Crippen LogP contribution < -0.4 is 16.2 Å². The molecule has 1 radical (unpaired) electrons. The fraction of sp³-hybridized carbons (Fsp3) is 0.455. The number of fused-ring (bicyclic) bond motifs is 1. The van der Waals surface area contributed by atoms with Gasteiger partial charge in [0.25, 0.3) is 0 Å². The Kier molecular flexibility index (Phi) is 12.1. The van der Waals surface area contributed by atoms with E-state index in [1.807, 2.05) is 31.3 Å². The molecule has 3 aromatic rings. The number of phenols is 1. The number of nitrogens with one attached hydrogen (secondary N) is 3. The predicted molar refractivity (Wildman–Crippen MR) is 169 cm³/mol. The third kappa shape index (κ3) is 9.91. The van der Waals surface area contributed by atoms with Gasteiger partial charge in [0, 0.05) is 56.7 Å². The largest absolute Gasteiger partial charge is 0.506 e. The minimum absolute atomic E-state index is 0.0369. The maximum absolute atomic E-state index is 12.4. The van der Waals surface area contributed by atoms with Crippen molar-refractivity contribution in [3.8, 4) is 5.75 Å².